The van der Waals surface area contributed by atoms with Crippen LogP contribution in [-0.2, 0) is 16.9 Å². The Kier molecular flexibility index (Phi) is 4.38. The maximum absolute atomic E-state index is 12.6. The first-order valence-corrected chi connectivity index (χ1v) is 13.3. The van der Waals surface area contributed by atoms with Gasteiger partial charge < -0.3 is 14.3 Å². The molecule has 0 aliphatic heterocycles. The molecule has 32 heavy (non-hydrogen) atoms. The van der Waals surface area contributed by atoms with Gasteiger partial charge in [-0.25, -0.2) is 8.42 Å². The Bertz CT molecular complexity index is 1360. The van der Waals surface area contributed by atoms with Crippen molar-refractivity contribution in [3.05, 3.63) is 47.0 Å². The van der Waals surface area contributed by atoms with Gasteiger partial charge >= 0.3 is 0 Å². The van der Waals surface area contributed by atoms with Crippen LogP contribution in [0.15, 0.2) is 46.3 Å². The fourth-order valence-corrected chi connectivity index (χ4v) is 7.40. The number of pyridine rings is 1. The van der Waals surface area contributed by atoms with Gasteiger partial charge in [0.15, 0.2) is 9.84 Å². The molecule has 4 fully saturated rings. The van der Waals surface area contributed by atoms with Crippen LogP contribution in [0, 0.1) is 23.7 Å². The first kappa shape index (κ1) is 20.1. The predicted molar refractivity (Wildman–Crippen MR) is 124 cm³/mol. The SMILES string of the molecule is Cn1cc(-c2cc(S(C)(=O)=O)ccc2OC2C3CC4CC(C3)CC2C4)c2cc[nH]c2c1=O. The van der Waals surface area contributed by atoms with Crippen LogP contribution in [0.4, 0.5) is 0 Å². The molecule has 7 heteroatoms. The Morgan fingerprint density at radius 2 is 1.69 bits per heavy atom. The second-order valence-corrected chi connectivity index (χ2v) is 12.2. The minimum Gasteiger partial charge on any atom is -0.489 e. The minimum absolute atomic E-state index is 0.114. The summed E-state index contributed by atoms with van der Waals surface area (Å²) in [7, 11) is -1.68. The summed E-state index contributed by atoms with van der Waals surface area (Å²) in [4.78, 5) is 15.9. The van der Waals surface area contributed by atoms with Crippen LogP contribution >= 0.6 is 0 Å². The van der Waals surface area contributed by atoms with E-state index in [9.17, 15) is 13.2 Å². The Balaban J connectivity index is 1.49. The molecule has 0 unspecified atom stereocenters. The number of aromatic amines is 1. The molecule has 0 saturated heterocycles. The fraction of sp³-hybridized carbons (Fsp3) is 0.480. The second-order valence-electron chi connectivity index (χ2n) is 10.2. The number of H-pyrrole nitrogens is 1. The van der Waals surface area contributed by atoms with E-state index in [1.807, 2.05) is 6.07 Å². The van der Waals surface area contributed by atoms with Crippen molar-refractivity contribution in [3.8, 4) is 16.9 Å². The van der Waals surface area contributed by atoms with Crippen LogP contribution in [0.5, 0.6) is 5.75 Å². The average molecular weight is 453 g/mol. The smallest absolute Gasteiger partial charge is 0.274 e. The molecule has 7 rings (SSSR count). The van der Waals surface area contributed by atoms with E-state index in [-0.39, 0.29) is 16.6 Å². The van der Waals surface area contributed by atoms with E-state index in [4.69, 9.17) is 4.74 Å². The summed E-state index contributed by atoms with van der Waals surface area (Å²) in [5, 5.41) is 0.772. The van der Waals surface area contributed by atoms with Crippen LogP contribution in [0.3, 0.4) is 0 Å². The number of fused-ring (bicyclic) bond motifs is 1. The van der Waals surface area contributed by atoms with Gasteiger partial charge in [-0.2, -0.15) is 0 Å². The summed E-state index contributed by atoms with van der Waals surface area (Å²) in [5.41, 5.74) is 1.92. The highest BCUT2D eigenvalue weighted by Gasteiger charge is 2.49. The summed E-state index contributed by atoms with van der Waals surface area (Å²) in [5.74, 6) is 3.58. The van der Waals surface area contributed by atoms with E-state index in [0.717, 1.165) is 28.3 Å². The predicted octanol–water partition coefficient (Wildman–Crippen LogP) is 4.14. The number of rotatable bonds is 4. The van der Waals surface area contributed by atoms with E-state index in [2.05, 4.69) is 4.98 Å². The molecule has 4 saturated carbocycles. The van der Waals surface area contributed by atoms with Crippen LogP contribution in [0.2, 0.25) is 0 Å². The molecule has 2 aromatic heterocycles. The number of hydrogen-bond acceptors (Lipinski definition) is 4. The number of aromatic nitrogens is 2. The Hall–Kier alpha value is -2.54. The molecule has 2 heterocycles. The van der Waals surface area contributed by atoms with Crippen molar-refractivity contribution in [2.24, 2.45) is 30.7 Å². The molecule has 0 atom stereocenters. The summed E-state index contributed by atoms with van der Waals surface area (Å²) in [6.07, 6.45) is 11.3. The first-order valence-electron chi connectivity index (χ1n) is 11.5. The van der Waals surface area contributed by atoms with Gasteiger partial charge in [-0.15, -0.1) is 0 Å². The normalized spacial score (nSPS) is 29.0. The van der Waals surface area contributed by atoms with Crippen molar-refractivity contribution >= 4 is 20.7 Å². The molecular weight excluding hydrogens is 424 g/mol. The van der Waals surface area contributed by atoms with Crippen molar-refractivity contribution < 1.29 is 13.2 Å². The lowest BCUT2D eigenvalue weighted by Gasteiger charge is -2.53. The molecule has 1 aromatic carbocycles. The Morgan fingerprint density at radius 1 is 1.00 bits per heavy atom. The Morgan fingerprint density at radius 3 is 2.34 bits per heavy atom. The van der Waals surface area contributed by atoms with Gasteiger partial charge in [-0.3, -0.25) is 4.79 Å². The van der Waals surface area contributed by atoms with E-state index < -0.39 is 9.84 Å². The van der Waals surface area contributed by atoms with Crippen molar-refractivity contribution in [1.82, 2.24) is 9.55 Å². The van der Waals surface area contributed by atoms with Gasteiger partial charge in [0.05, 0.1) is 4.90 Å². The number of nitrogens with one attached hydrogen (secondary N) is 1. The largest absolute Gasteiger partial charge is 0.489 e. The molecule has 0 radical (unpaired) electrons. The number of sulfone groups is 1. The molecule has 0 spiro atoms. The quantitative estimate of drug-likeness (QED) is 0.645. The molecular formula is C25H28N2O4S. The summed E-state index contributed by atoms with van der Waals surface area (Å²) in [6, 6.07) is 7.01. The number of hydrogen-bond donors (Lipinski definition) is 1. The van der Waals surface area contributed by atoms with Gasteiger partial charge in [0.2, 0.25) is 0 Å². The van der Waals surface area contributed by atoms with Gasteiger partial charge in [0.25, 0.3) is 5.56 Å². The summed E-state index contributed by atoms with van der Waals surface area (Å²) < 4.78 is 33.0. The van der Waals surface area contributed by atoms with Crippen molar-refractivity contribution in [2.75, 3.05) is 6.26 Å². The van der Waals surface area contributed by atoms with E-state index in [0.29, 0.717) is 23.1 Å². The van der Waals surface area contributed by atoms with Crippen LogP contribution in [-0.4, -0.2) is 30.3 Å². The number of benzene rings is 1. The zero-order chi connectivity index (χ0) is 22.2. The molecule has 168 valence electrons. The number of nitrogens with zero attached hydrogens (tertiary/aromatic N) is 1. The minimum atomic E-state index is -3.39. The van der Waals surface area contributed by atoms with Crippen LogP contribution < -0.4 is 10.3 Å². The first-order chi connectivity index (χ1) is 15.3. The Labute approximate surface area is 187 Å². The number of aryl methyl sites for hydroxylation is 1. The van der Waals surface area contributed by atoms with E-state index >= 15 is 0 Å². The maximum Gasteiger partial charge on any atom is 0.274 e. The third-order valence-electron chi connectivity index (χ3n) is 7.97. The highest BCUT2D eigenvalue weighted by molar-refractivity contribution is 7.90. The van der Waals surface area contributed by atoms with Crippen molar-refractivity contribution in [3.63, 3.8) is 0 Å². The fourth-order valence-electron chi connectivity index (χ4n) is 6.75. The summed E-state index contributed by atoms with van der Waals surface area (Å²) in [6.45, 7) is 0. The zero-order valence-electron chi connectivity index (χ0n) is 18.4. The second kappa shape index (κ2) is 6.98. The van der Waals surface area contributed by atoms with E-state index in [1.54, 1.807) is 37.6 Å². The lowest BCUT2D eigenvalue weighted by atomic mass is 9.55. The van der Waals surface area contributed by atoms with Crippen LogP contribution in [0.1, 0.15) is 32.1 Å². The molecule has 6 nitrogen and oxygen atoms in total. The molecule has 1 N–H and O–H groups in total. The lowest BCUT2D eigenvalue weighted by Crippen LogP contribution is -2.50. The molecule has 4 bridgehead atoms. The average Bonchev–Trinajstić information content (AvgIpc) is 3.22. The highest BCUT2D eigenvalue weighted by Crippen LogP contribution is 2.55. The topological polar surface area (TPSA) is 81.2 Å². The van der Waals surface area contributed by atoms with Gasteiger partial charge in [-0.05, 0) is 80.0 Å². The standard InChI is InChI=1S/C25H28N2O4S/c1-27-13-21(19-5-6-26-23(19)25(27)28)20-12-18(32(2,29)30)3-4-22(20)31-24-16-8-14-7-15(10-16)11-17(24)9-14/h3-6,12-17,24,26H,7-11H2,1-2H3. The van der Waals surface area contributed by atoms with Crippen LogP contribution in [0.25, 0.3) is 22.0 Å². The monoisotopic (exact) mass is 452 g/mol. The van der Waals surface area contributed by atoms with Gasteiger partial charge in [-0.1, -0.05) is 0 Å². The number of ether oxygens (including phenoxy) is 1. The molecule has 0 amide bonds. The molecule has 4 aliphatic carbocycles. The van der Waals surface area contributed by atoms with Crippen molar-refractivity contribution in [1.29, 1.82) is 0 Å². The maximum atomic E-state index is 12.6. The zero-order valence-corrected chi connectivity index (χ0v) is 19.2. The summed E-state index contributed by atoms with van der Waals surface area (Å²) >= 11 is 0. The molecule has 4 aliphatic rings. The highest BCUT2D eigenvalue weighted by atomic mass is 32.2. The van der Waals surface area contributed by atoms with E-state index in [1.165, 1.54) is 42.9 Å². The van der Waals surface area contributed by atoms with Gasteiger partial charge in [0.1, 0.15) is 17.4 Å². The third kappa shape index (κ3) is 3.12. The molecule has 3 aromatic rings. The lowest BCUT2D eigenvalue weighted by molar-refractivity contribution is -0.0787. The van der Waals surface area contributed by atoms with Crippen molar-refractivity contribution in [2.45, 2.75) is 43.1 Å². The van der Waals surface area contributed by atoms with Gasteiger partial charge in [0, 0.05) is 42.2 Å². The third-order valence-corrected chi connectivity index (χ3v) is 9.08.